The van der Waals surface area contributed by atoms with Crippen molar-refractivity contribution >= 4 is 15.9 Å². The van der Waals surface area contributed by atoms with Gasteiger partial charge in [-0.3, -0.25) is 14.5 Å². The second kappa shape index (κ2) is 10.2. The molecule has 3 atom stereocenters. The van der Waals surface area contributed by atoms with E-state index in [0.717, 1.165) is 34.8 Å². The Morgan fingerprint density at radius 3 is 2.43 bits per heavy atom. The minimum Gasteiger partial charge on any atom is -0.351 e. The van der Waals surface area contributed by atoms with Crippen LogP contribution in [0.3, 0.4) is 0 Å². The van der Waals surface area contributed by atoms with Crippen LogP contribution < -0.4 is 5.32 Å². The smallest absolute Gasteiger partial charge is 0.351 e. The highest BCUT2D eigenvalue weighted by atomic mass is 32.2. The summed E-state index contributed by atoms with van der Waals surface area (Å²) in [7, 11) is -4.37. The SMILES string of the molecule is C[C@H]1[C@H](F)C[C@@H](C(=O)NCc2cc(C3CC(OC(F)(F)F)C3)ncc2F)N1S(=O)(=O)c1ccc(F)cc1. The highest BCUT2D eigenvalue weighted by Gasteiger charge is 2.49. The number of nitrogens with zero attached hydrogens (tertiary/aromatic N) is 2. The molecule has 1 N–H and O–H groups in total. The van der Waals surface area contributed by atoms with Crippen molar-refractivity contribution < 1.29 is 44.3 Å². The van der Waals surface area contributed by atoms with Gasteiger partial charge in [0.05, 0.1) is 23.2 Å². The van der Waals surface area contributed by atoms with E-state index in [2.05, 4.69) is 15.0 Å². The van der Waals surface area contributed by atoms with Crippen LogP contribution in [-0.2, 0) is 26.1 Å². The van der Waals surface area contributed by atoms with Crippen molar-refractivity contribution in [1.29, 1.82) is 0 Å². The number of carbonyl (C=O) groups is 1. The van der Waals surface area contributed by atoms with Crippen LogP contribution in [0.1, 0.15) is 43.4 Å². The fraction of sp³-hybridized carbons (Fsp3) is 0.478. The maximum Gasteiger partial charge on any atom is 0.522 e. The van der Waals surface area contributed by atoms with Gasteiger partial charge in [-0.25, -0.2) is 21.6 Å². The van der Waals surface area contributed by atoms with E-state index in [-0.39, 0.29) is 35.8 Å². The molecule has 0 unspecified atom stereocenters. The van der Waals surface area contributed by atoms with Gasteiger partial charge >= 0.3 is 6.36 Å². The third-order valence-corrected chi connectivity index (χ3v) is 8.60. The summed E-state index contributed by atoms with van der Waals surface area (Å²) in [4.78, 5) is 16.5. The fourth-order valence-electron chi connectivity index (χ4n) is 4.54. The Kier molecular flexibility index (Phi) is 7.55. The van der Waals surface area contributed by atoms with Crippen LogP contribution in [0.25, 0.3) is 0 Å². The van der Waals surface area contributed by atoms with Crippen molar-refractivity contribution in [3.8, 4) is 0 Å². The molecule has 1 aromatic heterocycles. The zero-order valence-electron chi connectivity index (χ0n) is 19.4. The molecular formula is C23H23F6N3O4S. The van der Waals surface area contributed by atoms with Gasteiger partial charge in [0.1, 0.15) is 23.8 Å². The topological polar surface area (TPSA) is 88.6 Å². The molecule has 7 nitrogen and oxygen atoms in total. The van der Waals surface area contributed by atoms with Crippen LogP contribution in [-0.4, -0.2) is 54.3 Å². The number of halogens is 6. The molecule has 0 radical (unpaired) electrons. The van der Waals surface area contributed by atoms with Gasteiger partial charge < -0.3 is 5.32 Å². The largest absolute Gasteiger partial charge is 0.522 e. The third kappa shape index (κ3) is 5.91. The summed E-state index contributed by atoms with van der Waals surface area (Å²) >= 11 is 0. The first kappa shape index (κ1) is 27.3. The van der Waals surface area contributed by atoms with Crippen LogP contribution in [0.2, 0.25) is 0 Å². The second-order valence-corrected chi connectivity index (χ2v) is 10.9. The summed E-state index contributed by atoms with van der Waals surface area (Å²) in [6.07, 6.45) is -6.89. The summed E-state index contributed by atoms with van der Waals surface area (Å²) in [6.45, 7) is 0.921. The number of sulfonamides is 1. The summed E-state index contributed by atoms with van der Waals surface area (Å²) in [5.41, 5.74) is 0.306. The zero-order valence-corrected chi connectivity index (χ0v) is 20.2. The van der Waals surface area contributed by atoms with Crippen molar-refractivity contribution in [3.63, 3.8) is 0 Å². The molecule has 2 heterocycles. The standard InChI is InChI=1S/C23H23F6N3O4S/c1-12-18(25)9-21(32(12)37(34,35)17-4-2-15(24)3-5-17)22(33)31-10-14-8-20(30-11-19(14)26)13-6-16(7-13)36-23(27,28)29/h2-5,8,11-13,16,18,21H,6-7,9-10H2,1H3,(H,31,33)/t12-,13?,16?,18+,21-/m0/s1. The maximum absolute atomic E-state index is 14.5. The normalized spacial score (nSPS) is 26.6. The molecule has 1 saturated heterocycles. The Bertz CT molecular complexity index is 1250. The Balaban J connectivity index is 1.45. The van der Waals surface area contributed by atoms with Crippen molar-refractivity contribution in [1.82, 2.24) is 14.6 Å². The van der Waals surface area contributed by atoms with E-state index in [0.29, 0.717) is 5.69 Å². The Morgan fingerprint density at radius 1 is 1.16 bits per heavy atom. The monoisotopic (exact) mass is 551 g/mol. The van der Waals surface area contributed by atoms with Gasteiger partial charge in [-0.1, -0.05) is 0 Å². The first-order valence-corrected chi connectivity index (χ1v) is 12.8. The molecule has 2 fully saturated rings. The number of carbonyl (C=O) groups excluding carboxylic acids is 1. The fourth-order valence-corrected chi connectivity index (χ4v) is 6.35. The first-order valence-electron chi connectivity index (χ1n) is 11.4. The molecule has 202 valence electrons. The average Bonchev–Trinajstić information content (AvgIpc) is 3.10. The second-order valence-electron chi connectivity index (χ2n) is 9.07. The predicted molar refractivity (Wildman–Crippen MR) is 117 cm³/mol. The van der Waals surface area contributed by atoms with Gasteiger partial charge in [-0.2, -0.15) is 4.31 Å². The van der Waals surface area contributed by atoms with E-state index < -0.39 is 64.7 Å². The number of hydrogen-bond acceptors (Lipinski definition) is 5. The van der Waals surface area contributed by atoms with Crippen molar-refractivity contribution in [2.24, 2.45) is 0 Å². The molecule has 14 heteroatoms. The molecule has 2 aromatic rings. The lowest BCUT2D eigenvalue weighted by Gasteiger charge is -2.35. The van der Waals surface area contributed by atoms with Gasteiger partial charge in [0.25, 0.3) is 0 Å². The van der Waals surface area contributed by atoms with Crippen LogP contribution in [0, 0.1) is 11.6 Å². The molecule has 2 aliphatic rings. The van der Waals surface area contributed by atoms with Gasteiger partial charge in [0, 0.05) is 30.1 Å². The number of nitrogens with one attached hydrogen (secondary N) is 1. The van der Waals surface area contributed by atoms with Crippen molar-refractivity contribution in [2.75, 3.05) is 0 Å². The minimum atomic E-state index is -4.75. The highest BCUT2D eigenvalue weighted by molar-refractivity contribution is 7.89. The number of aromatic nitrogens is 1. The Morgan fingerprint density at radius 2 is 1.81 bits per heavy atom. The molecule has 1 aliphatic carbocycles. The lowest BCUT2D eigenvalue weighted by Crippen LogP contribution is -2.48. The molecule has 1 saturated carbocycles. The summed E-state index contributed by atoms with van der Waals surface area (Å²) in [5, 5.41) is 2.41. The van der Waals surface area contributed by atoms with E-state index >= 15 is 0 Å². The number of alkyl halides is 4. The molecular weight excluding hydrogens is 528 g/mol. The molecule has 37 heavy (non-hydrogen) atoms. The number of amides is 1. The van der Waals surface area contributed by atoms with Gasteiger partial charge in [0.2, 0.25) is 15.9 Å². The minimum absolute atomic E-state index is 0.0191. The quantitative estimate of drug-likeness (QED) is 0.527. The number of rotatable bonds is 7. The highest BCUT2D eigenvalue weighted by Crippen LogP contribution is 2.41. The molecule has 4 rings (SSSR count). The van der Waals surface area contributed by atoms with Crippen LogP contribution in [0.15, 0.2) is 41.4 Å². The number of hydrogen-bond donors (Lipinski definition) is 1. The molecule has 1 aromatic carbocycles. The van der Waals surface area contributed by atoms with Gasteiger partial charge in [-0.05, 0) is 50.1 Å². The van der Waals surface area contributed by atoms with Crippen LogP contribution >= 0.6 is 0 Å². The van der Waals surface area contributed by atoms with E-state index in [1.165, 1.54) is 13.0 Å². The van der Waals surface area contributed by atoms with E-state index in [1.807, 2.05) is 0 Å². The molecule has 1 amide bonds. The Hall–Kier alpha value is -2.71. The van der Waals surface area contributed by atoms with E-state index in [1.54, 1.807) is 0 Å². The van der Waals surface area contributed by atoms with E-state index in [4.69, 9.17) is 0 Å². The van der Waals surface area contributed by atoms with Crippen molar-refractivity contribution in [3.05, 3.63) is 59.4 Å². The average molecular weight is 552 g/mol. The zero-order chi connectivity index (χ0) is 27.1. The number of ether oxygens (including phenoxy) is 1. The lowest BCUT2D eigenvalue weighted by atomic mass is 9.79. The van der Waals surface area contributed by atoms with Crippen molar-refractivity contribution in [2.45, 2.75) is 74.3 Å². The lowest BCUT2D eigenvalue weighted by molar-refractivity contribution is -0.351. The third-order valence-electron chi connectivity index (χ3n) is 6.59. The summed E-state index contributed by atoms with van der Waals surface area (Å²) < 4.78 is 110. The summed E-state index contributed by atoms with van der Waals surface area (Å²) in [6, 6.07) is 2.58. The van der Waals surface area contributed by atoms with Gasteiger partial charge in [-0.15, -0.1) is 13.2 Å². The maximum atomic E-state index is 14.5. The molecule has 1 aliphatic heterocycles. The first-order chi connectivity index (χ1) is 17.3. The van der Waals surface area contributed by atoms with Crippen LogP contribution in [0.4, 0.5) is 26.3 Å². The van der Waals surface area contributed by atoms with E-state index in [9.17, 15) is 39.6 Å². The predicted octanol–water partition coefficient (Wildman–Crippen LogP) is 3.95. The summed E-state index contributed by atoms with van der Waals surface area (Å²) in [5.74, 6) is -2.71. The number of benzene rings is 1. The Labute approximate surface area is 208 Å². The molecule has 0 spiro atoms. The number of pyridine rings is 1. The van der Waals surface area contributed by atoms with Gasteiger partial charge in [0.15, 0.2) is 0 Å². The van der Waals surface area contributed by atoms with Crippen LogP contribution in [0.5, 0.6) is 0 Å². The molecule has 0 bridgehead atoms.